The van der Waals surface area contributed by atoms with E-state index in [2.05, 4.69) is 262 Å². The van der Waals surface area contributed by atoms with Crippen molar-refractivity contribution in [3.63, 3.8) is 0 Å². The summed E-state index contributed by atoms with van der Waals surface area (Å²) >= 11 is 0. The Morgan fingerprint density at radius 1 is 0.224 bits per heavy atom. The lowest BCUT2D eigenvalue weighted by atomic mass is 10.1. The molecule has 0 spiro atoms. The summed E-state index contributed by atoms with van der Waals surface area (Å²) in [5, 5.41) is 2.43. The Morgan fingerprint density at radius 3 is 1.00 bits per heavy atom. The lowest BCUT2D eigenvalue weighted by molar-refractivity contribution is 1.18. The van der Waals surface area contributed by atoms with Gasteiger partial charge in [0.25, 0.3) is 0 Å². The second-order valence-electron chi connectivity index (χ2n) is 14.3. The molecular formula is C54H40N4. The number of nitrogens with zero attached hydrogens (tertiary/aromatic N) is 4. The third-order valence-corrected chi connectivity index (χ3v) is 10.7. The Hall–Kier alpha value is -7.82. The molecule has 4 nitrogen and oxygen atoms in total. The Labute approximate surface area is 339 Å². The number of fused-ring (bicyclic) bond motifs is 3. The second-order valence-corrected chi connectivity index (χ2v) is 14.3. The van der Waals surface area contributed by atoms with Crippen LogP contribution in [0.5, 0.6) is 0 Å². The molecular weight excluding hydrogens is 705 g/mol. The van der Waals surface area contributed by atoms with Gasteiger partial charge in [0, 0.05) is 67.6 Å². The molecule has 0 saturated heterocycles. The van der Waals surface area contributed by atoms with Crippen LogP contribution in [0, 0.1) is 0 Å². The first-order chi connectivity index (χ1) is 28.8. The van der Waals surface area contributed by atoms with Crippen LogP contribution in [0.25, 0.3) is 27.5 Å². The molecule has 0 unspecified atom stereocenters. The number of hydrogen-bond donors (Lipinski definition) is 0. The van der Waals surface area contributed by atoms with E-state index in [1.807, 2.05) is 0 Å². The molecule has 58 heavy (non-hydrogen) atoms. The minimum Gasteiger partial charge on any atom is -0.310 e. The van der Waals surface area contributed by atoms with E-state index in [-0.39, 0.29) is 0 Å². The van der Waals surface area contributed by atoms with Crippen molar-refractivity contribution in [1.29, 1.82) is 0 Å². The molecule has 10 aromatic rings. The van der Waals surface area contributed by atoms with E-state index in [4.69, 9.17) is 0 Å². The average Bonchev–Trinajstić information content (AvgIpc) is 3.63. The van der Waals surface area contributed by atoms with Gasteiger partial charge in [0.2, 0.25) is 0 Å². The smallest absolute Gasteiger partial charge is 0.0542 e. The van der Waals surface area contributed by atoms with E-state index in [1.54, 1.807) is 0 Å². The fraction of sp³-hybridized carbons (Fsp3) is 0. The number of anilines is 9. The van der Waals surface area contributed by atoms with Crippen LogP contribution in [0.15, 0.2) is 243 Å². The van der Waals surface area contributed by atoms with Crippen LogP contribution >= 0.6 is 0 Å². The van der Waals surface area contributed by atoms with Crippen molar-refractivity contribution >= 4 is 73.0 Å². The second kappa shape index (κ2) is 15.4. The molecule has 1 aromatic heterocycles. The summed E-state index contributed by atoms with van der Waals surface area (Å²) in [7, 11) is 0. The van der Waals surface area contributed by atoms with Crippen molar-refractivity contribution in [2.24, 2.45) is 0 Å². The zero-order valence-corrected chi connectivity index (χ0v) is 31.9. The summed E-state index contributed by atoms with van der Waals surface area (Å²) in [6.45, 7) is 0. The summed E-state index contributed by atoms with van der Waals surface area (Å²) in [6, 6.07) is 86.3. The topological polar surface area (TPSA) is 14.7 Å². The van der Waals surface area contributed by atoms with Gasteiger partial charge in [-0.15, -0.1) is 0 Å². The quantitative estimate of drug-likeness (QED) is 0.139. The van der Waals surface area contributed by atoms with E-state index in [1.165, 1.54) is 21.8 Å². The van der Waals surface area contributed by atoms with Crippen LogP contribution in [0.3, 0.4) is 0 Å². The Bertz CT molecular complexity index is 2910. The normalized spacial score (nSPS) is 11.1. The summed E-state index contributed by atoms with van der Waals surface area (Å²) in [4.78, 5) is 7.02. The van der Waals surface area contributed by atoms with E-state index in [9.17, 15) is 0 Å². The summed E-state index contributed by atoms with van der Waals surface area (Å²) in [5.74, 6) is 0. The van der Waals surface area contributed by atoms with E-state index < -0.39 is 0 Å². The minimum atomic E-state index is 1.05. The van der Waals surface area contributed by atoms with Crippen LogP contribution in [-0.4, -0.2) is 4.57 Å². The number of para-hydroxylation sites is 6. The minimum absolute atomic E-state index is 1.05. The van der Waals surface area contributed by atoms with Crippen LogP contribution in [0.1, 0.15) is 0 Å². The van der Waals surface area contributed by atoms with Gasteiger partial charge in [0.15, 0.2) is 0 Å². The van der Waals surface area contributed by atoms with Gasteiger partial charge >= 0.3 is 0 Å². The molecule has 0 amide bonds. The molecule has 9 aromatic carbocycles. The highest BCUT2D eigenvalue weighted by molar-refractivity contribution is 6.10. The van der Waals surface area contributed by atoms with Crippen molar-refractivity contribution in [3.8, 4) is 5.69 Å². The first-order valence-electron chi connectivity index (χ1n) is 19.7. The fourth-order valence-corrected chi connectivity index (χ4v) is 8.15. The van der Waals surface area contributed by atoms with Gasteiger partial charge in [-0.1, -0.05) is 121 Å². The van der Waals surface area contributed by atoms with Crippen LogP contribution in [0.2, 0.25) is 0 Å². The summed E-state index contributed by atoms with van der Waals surface area (Å²) < 4.78 is 2.37. The van der Waals surface area contributed by atoms with Gasteiger partial charge in [-0.2, -0.15) is 0 Å². The lowest BCUT2D eigenvalue weighted by Gasteiger charge is -2.31. The lowest BCUT2D eigenvalue weighted by Crippen LogP contribution is -2.14. The van der Waals surface area contributed by atoms with Gasteiger partial charge in [0.05, 0.1) is 11.0 Å². The summed E-state index contributed by atoms with van der Waals surface area (Å²) in [5.41, 5.74) is 13.2. The first-order valence-corrected chi connectivity index (χ1v) is 19.7. The predicted molar refractivity (Wildman–Crippen MR) is 245 cm³/mol. The third-order valence-electron chi connectivity index (χ3n) is 10.7. The highest BCUT2D eigenvalue weighted by Gasteiger charge is 2.21. The van der Waals surface area contributed by atoms with Gasteiger partial charge in [-0.25, -0.2) is 0 Å². The number of benzene rings is 9. The maximum atomic E-state index is 2.37. The molecule has 0 N–H and O–H groups in total. The highest BCUT2D eigenvalue weighted by atomic mass is 15.2. The van der Waals surface area contributed by atoms with Crippen molar-refractivity contribution < 1.29 is 0 Å². The van der Waals surface area contributed by atoms with E-state index in [0.29, 0.717) is 0 Å². The zero-order chi connectivity index (χ0) is 38.7. The molecule has 0 fully saturated rings. The van der Waals surface area contributed by atoms with Crippen molar-refractivity contribution in [1.82, 2.24) is 4.57 Å². The Balaban J connectivity index is 1.12. The summed E-state index contributed by atoms with van der Waals surface area (Å²) in [6.07, 6.45) is 0. The molecule has 0 aliphatic carbocycles. The molecule has 0 radical (unpaired) electrons. The monoisotopic (exact) mass is 744 g/mol. The van der Waals surface area contributed by atoms with Crippen molar-refractivity contribution in [2.75, 3.05) is 14.7 Å². The zero-order valence-electron chi connectivity index (χ0n) is 31.9. The molecule has 0 aliphatic heterocycles. The van der Waals surface area contributed by atoms with Crippen LogP contribution in [0.4, 0.5) is 51.2 Å². The molecule has 4 heteroatoms. The molecule has 0 atom stereocenters. The standard InChI is InChI=1S/C54H40N4/c1-6-20-41(21-7-1)55(42-22-8-2-9-23-42)46-30-18-31-47(38-46)56(43-24-10-3-11-25-43)48-32-19-33-49(39-48)57(44-26-12-4-13-27-44)50-36-37-54-52(40-50)51-34-16-17-35-53(51)58(54)45-28-14-5-15-29-45/h1-40H. The average molecular weight is 745 g/mol. The van der Waals surface area contributed by atoms with Gasteiger partial charge in [-0.05, 0) is 121 Å². The van der Waals surface area contributed by atoms with Gasteiger partial charge < -0.3 is 19.3 Å². The number of rotatable bonds is 10. The van der Waals surface area contributed by atoms with Gasteiger partial charge in [0.1, 0.15) is 0 Å². The van der Waals surface area contributed by atoms with Crippen LogP contribution < -0.4 is 14.7 Å². The molecule has 276 valence electrons. The first kappa shape index (κ1) is 34.7. The molecule has 0 aliphatic rings. The molecule has 1 heterocycles. The molecule has 0 saturated carbocycles. The van der Waals surface area contributed by atoms with E-state index in [0.717, 1.165) is 56.9 Å². The maximum absolute atomic E-state index is 2.37. The number of hydrogen-bond acceptors (Lipinski definition) is 3. The maximum Gasteiger partial charge on any atom is 0.0542 e. The van der Waals surface area contributed by atoms with Crippen molar-refractivity contribution in [3.05, 3.63) is 243 Å². The third kappa shape index (κ3) is 6.53. The highest BCUT2D eigenvalue weighted by Crippen LogP contribution is 2.44. The Morgan fingerprint density at radius 2 is 0.552 bits per heavy atom. The predicted octanol–water partition coefficient (Wildman–Crippen LogP) is 15.2. The largest absolute Gasteiger partial charge is 0.310 e. The SMILES string of the molecule is c1ccc(N(c2ccccc2)c2cccc(N(c3ccccc3)c3cccc(N(c4ccccc4)c4ccc5c(c4)c4ccccc4n5-c4ccccc4)c3)c2)cc1. The van der Waals surface area contributed by atoms with E-state index >= 15 is 0 Å². The Kier molecular flexibility index (Phi) is 9.18. The number of aromatic nitrogens is 1. The van der Waals surface area contributed by atoms with Crippen molar-refractivity contribution in [2.45, 2.75) is 0 Å². The fourth-order valence-electron chi connectivity index (χ4n) is 8.15. The van der Waals surface area contributed by atoms with Crippen LogP contribution in [-0.2, 0) is 0 Å². The molecule has 10 rings (SSSR count). The molecule has 0 bridgehead atoms. The van der Waals surface area contributed by atoms with Gasteiger partial charge in [-0.3, -0.25) is 0 Å².